The Morgan fingerprint density at radius 1 is 1.39 bits per heavy atom. The number of phenolic OH excluding ortho intramolecular Hbond substituents is 1. The predicted molar refractivity (Wildman–Crippen MR) is 113 cm³/mol. The molecule has 1 fully saturated rings. The Labute approximate surface area is 167 Å². The maximum absolute atomic E-state index is 10.9. The van der Waals surface area contributed by atoms with E-state index < -0.39 is 5.97 Å². The van der Waals surface area contributed by atoms with Crippen LogP contribution in [0.4, 0.5) is 0 Å². The van der Waals surface area contributed by atoms with Gasteiger partial charge in [-0.15, -0.1) is 11.3 Å². The minimum Gasteiger partial charge on any atom is -0.507 e. The summed E-state index contributed by atoms with van der Waals surface area (Å²) >= 11 is 1.56. The zero-order chi connectivity index (χ0) is 20.3. The molecule has 0 aliphatic carbocycles. The van der Waals surface area contributed by atoms with E-state index in [1.54, 1.807) is 17.4 Å². The average Bonchev–Trinajstić information content (AvgIpc) is 3.10. The summed E-state index contributed by atoms with van der Waals surface area (Å²) in [6, 6.07) is 5.72. The van der Waals surface area contributed by atoms with Crippen LogP contribution in [0.5, 0.6) is 5.75 Å². The van der Waals surface area contributed by atoms with Crippen LogP contribution in [0.15, 0.2) is 41.0 Å². The number of nitrogens with zero attached hydrogens (tertiary/aromatic N) is 1. The second-order valence-corrected chi connectivity index (χ2v) is 8.05. The first-order chi connectivity index (χ1) is 13.3. The van der Waals surface area contributed by atoms with Crippen molar-refractivity contribution in [3.05, 3.63) is 46.6 Å². The molecule has 0 spiro atoms. The summed E-state index contributed by atoms with van der Waals surface area (Å²) in [6.45, 7) is 3.30. The quantitative estimate of drug-likeness (QED) is 0.469. The fraction of sp³-hybridized carbons (Fsp3) is 0.350. The third-order valence-corrected chi connectivity index (χ3v) is 5.81. The Morgan fingerprint density at radius 3 is 2.93 bits per heavy atom. The summed E-state index contributed by atoms with van der Waals surface area (Å²) in [7, 11) is 0. The molecule has 1 aliphatic rings. The first-order valence-electron chi connectivity index (χ1n) is 9.19. The number of nitrogens with one attached hydrogen (secondary N) is 1. The number of likely N-dealkylation sites (tertiary alicyclic amines) is 1. The molecule has 8 heteroatoms. The molecular formula is C20H26N4O3S. The van der Waals surface area contributed by atoms with Crippen LogP contribution in [0.1, 0.15) is 25.3 Å². The van der Waals surface area contributed by atoms with Gasteiger partial charge in [0.1, 0.15) is 5.75 Å². The molecule has 1 unspecified atom stereocenters. The molecular weight excluding hydrogens is 376 g/mol. The number of carboxylic acids is 1. The standard InChI is InChI=1S/C20H26N4O3S/c1-12(19(22)15-4-5-16-14(20(15)27)6-8-28-16)9-17(21)23-13-3-2-7-24(10-13)11-18(25)26/h4-6,8-9,13,23,27H,2-3,7,10-11,21-22H2,1H3,(H,25,26)/b17-9+,19-12-. The number of hydrogen-bond acceptors (Lipinski definition) is 7. The number of hydrogen-bond donors (Lipinski definition) is 5. The zero-order valence-corrected chi connectivity index (χ0v) is 16.6. The summed E-state index contributed by atoms with van der Waals surface area (Å²) < 4.78 is 1.01. The Balaban J connectivity index is 1.73. The maximum Gasteiger partial charge on any atom is 0.317 e. The van der Waals surface area contributed by atoms with Gasteiger partial charge in [0.2, 0.25) is 0 Å². The van der Waals surface area contributed by atoms with E-state index in [-0.39, 0.29) is 18.3 Å². The Hall–Kier alpha value is -2.71. The summed E-state index contributed by atoms with van der Waals surface area (Å²) in [6.07, 6.45) is 3.60. The molecule has 1 aliphatic heterocycles. The van der Waals surface area contributed by atoms with E-state index in [9.17, 15) is 9.90 Å². The molecule has 1 saturated heterocycles. The summed E-state index contributed by atoms with van der Waals surface area (Å²) in [5.41, 5.74) is 14.2. The fourth-order valence-corrected chi connectivity index (χ4v) is 4.34. The lowest BCUT2D eigenvalue weighted by atomic mass is 10.0. The van der Waals surface area contributed by atoms with E-state index in [2.05, 4.69) is 5.32 Å². The van der Waals surface area contributed by atoms with Crippen LogP contribution in [-0.4, -0.2) is 46.8 Å². The first-order valence-corrected chi connectivity index (χ1v) is 10.1. The minimum absolute atomic E-state index is 0.0397. The van der Waals surface area contributed by atoms with Crippen LogP contribution < -0.4 is 16.8 Å². The van der Waals surface area contributed by atoms with E-state index in [1.165, 1.54) is 0 Å². The number of fused-ring (bicyclic) bond motifs is 1. The number of phenols is 1. The van der Waals surface area contributed by atoms with Gasteiger partial charge in [-0.1, -0.05) is 0 Å². The molecule has 7 nitrogen and oxygen atoms in total. The van der Waals surface area contributed by atoms with Crippen LogP contribution in [0.25, 0.3) is 15.8 Å². The van der Waals surface area contributed by atoms with Gasteiger partial charge in [0.15, 0.2) is 0 Å². The number of nitrogens with two attached hydrogens (primary N) is 2. The van der Waals surface area contributed by atoms with Gasteiger partial charge in [-0.05, 0) is 61.5 Å². The Kier molecular flexibility index (Phi) is 6.11. The number of piperidine rings is 1. The topological polar surface area (TPSA) is 125 Å². The van der Waals surface area contributed by atoms with Crippen LogP contribution in [0.2, 0.25) is 0 Å². The van der Waals surface area contributed by atoms with Crippen molar-refractivity contribution >= 4 is 33.1 Å². The minimum atomic E-state index is -0.821. The third kappa shape index (κ3) is 4.58. The number of carboxylic acid groups (broad SMARTS) is 1. The van der Waals surface area contributed by atoms with Crippen molar-refractivity contribution in [2.75, 3.05) is 19.6 Å². The molecule has 7 N–H and O–H groups in total. The van der Waals surface area contributed by atoms with E-state index in [0.29, 0.717) is 23.6 Å². The highest BCUT2D eigenvalue weighted by Crippen LogP contribution is 2.35. The van der Waals surface area contributed by atoms with Crippen LogP contribution in [-0.2, 0) is 4.79 Å². The molecule has 0 radical (unpaired) electrons. The van der Waals surface area contributed by atoms with Crippen molar-refractivity contribution in [2.24, 2.45) is 11.5 Å². The third-order valence-electron chi connectivity index (χ3n) is 4.93. The molecule has 2 aromatic rings. The molecule has 0 amide bonds. The van der Waals surface area contributed by atoms with Gasteiger partial charge in [-0.3, -0.25) is 9.69 Å². The molecule has 2 heterocycles. The van der Waals surface area contributed by atoms with Crippen molar-refractivity contribution in [1.29, 1.82) is 0 Å². The number of allylic oxidation sites excluding steroid dienone is 2. The van der Waals surface area contributed by atoms with E-state index >= 15 is 0 Å². The lowest BCUT2D eigenvalue weighted by molar-refractivity contribution is -0.138. The highest BCUT2D eigenvalue weighted by Gasteiger charge is 2.21. The van der Waals surface area contributed by atoms with Crippen molar-refractivity contribution in [3.63, 3.8) is 0 Å². The maximum atomic E-state index is 10.9. The van der Waals surface area contributed by atoms with Gasteiger partial charge >= 0.3 is 5.97 Å². The normalized spacial score (nSPS) is 19.5. The number of benzene rings is 1. The highest BCUT2D eigenvalue weighted by molar-refractivity contribution is 7.17. The molecule has 150 valence electrons. The van der Waals surface area contributed by atoms with Gasteiger partial charge in [0, 0.05) is 33.9 Å². The van der Waals surface area contributed by atoms with Gasteiger partial charge < -0.3 is 27.0 Å². The van der Waals surface area contributed by atoms with Gasteiger partial charge in [-0.2, -0.15) is 0 Å². The van der Waals surface area contributed by atoms with Crippen molar-refractivity contribution < 1.29 is 15.0 Å². The van der Waals surface area contributed by atoms with E-state index in [0.717, 1.165) is 35.0 Å². The van der Waals surface area contributed by atoms with E-state index in [1.807, 2.05) is 35.4 Å². The van der Waals surface area contributed by atoms with Crippen molar-refractivity contribution in [2.45, 2.75) is 25.8 Å². The molecule has 1 atom stereocenters. The Bertz CT molecular complexity index is 935. The number of aromatic hydroxyl groups is 1. The molecule has 0 bridgehead atoms. The molecule has 1 aromatic heterocycles. The SMILES string of the molecule is CC(/C=C(\N)NC1CCCN(CC(=O)O)C1)=C(/N)c1ccc2sccc2c1O. The molecule has 0 saturated carbocycles. The lowest BCUT2D eigenvalue weighted by Crippen LogP contribution is -2.47. The van der Waals surface area contributed by atoms with Crippen LogP contribution in [0.3, 0.4) is 0 Å². The molecule has 1 aromatic carbocycles. The smallest absolute Gasteiger partial charge is 0.317 e. The van der Waals surface area contributed by atoms with Crippen molar-refractivity contribution in [1.82, 2.24) is 10.2 Å². The zero-order valence-electron chi connectivity index (χ0n) is 15.8. The second-order valence-electron chi connectivity index (χ2n) is 7.10. The number of thiophene rings is 1. The average molecular weight is 403 g/mol. The van der Waals surface area contributed by atoms with E-state index in [4.69, 9.17) is 16.6 Å². The second kappa shape index (κ2) is 8.53. The van der Waals surface area contributed by atoms with Crippen molar-refractivity contribution in [3.8, 4) is 5.75 Å². The van der Waals surface area contributed by atoms with Crippen LogP contribution in [0, 0.1) is 0 Å². The highest BCUT2D eigenvalue weighted by atomic mass is 32.1. The number of carbonyl (C=O) groups is 1. The Morgan fingerprint density at radius 2 is 2.18 bits per heavy atom. The summed E-state index contributed by atoms with van der Waals surface area (Å²) in [5.74, 6) is -0.177. The van der Waals surface area contributed by atoms with Gasteiger partial charge in [-0.25, -0.2) is 0 Å². The van der Waals surface area contributed by atoms with Gasteiger partial charge in [0.25, 0.3) is 0 Å². The predicted octanol–water partition coefficient (Wildman–Crippen LogP) is 2.24. The fourth-order valence-electron chi connectivity index (χ4n) is 3.56. The molecule has 28 heavy (non-hydrogen) atoms. The number of aliphatic carboxylic acids is 1. The van der Waals surface area contributed by atoms with Crippen LogP contribution >= 0.6 is 11.3 Å². The monoisotopic (exact) mass is 402 g/mol. The summed E-state index contributed by atoms with van der Waals surface area (Å²) in [4.78, 5) is 12.8. The summed E-state index contributed by atoms with van der Waals surface area (Å²) in [5, 5.41) is 25.5. The molecule has 3 rings (SSSR count). The largest absolute Gasteiger partial charge is 0.507 e. The lowest BCUT2D eigenvalue weighted by Gasteiger charge is -2.32. The number of rotatable bonds is 6. The van der Waals surface area contributed by atoms with Gasteiger partial charge in [0.05, 0.1) is 12.4 Å². The first kappa shape index (κ1) is 20.0.